The number of benzene rings is 1. The summed E-state index contributed by atoms with van der Waals surface area (Å²) in [5.41, 5.74) is 1.98. The molecule has 82 valence electrons. The monoisotopic (exact) mass is 234 g/mol. The first-order valence-corrected chi connectivity index (χ1v) is 5.50. The molecule has 0 atom stereocenters. The number of hydrogen-bond donors (Lipinski definition) is 0. The van der Waals surface area contributed by atoms with Gasteiger partial charge >= 0.3 is 0 Å². The van der Waals surface area contributed by atoms with Crippen molar-refractivity contribution >= 4 is 17.6 Å². The third-order valence-electron chi connectivity index (χ3n) is 2.18. The molecule has 0 fully saturated rings. The van der Waals surface area contributed by atoms with Crippen molar-refractivity contribution < 1.29 is 9.53 Å². The van der Waals surface area contributed by atoms with Crippen molar-refractivity contribution in [2.75, 3.05) is 7.11 Å². The van der Waals surface area contributed by atoms with Crippen LogP contribution in [0.25, 0.3) is 10.6 Å². The number of nitrogens with zero attached hydrogens (tertiary/aromatic N) is 2. The van der Waals surface area contributed by atoms with Crippen LogP contribution in [-0.2, 0) is 0 Å². The Labute approximate surface area is 96.9 Å². The quantitative estimate of drug-likeness (QED) is 0.765. The maximum absolute atomic E-state index is 10.5. The van der Waals surface area contributed by atoms with Gasteiger partial charge in [0.25, 0.3) is 0 Å². The van der Waals surface area contributed by atoms with Crippen molar-refractivity contribution in [1.82, 2.24) is 10.2 Å². The van der Waals surface area contributed by atoms with Crippen molar-refractivity contribution in [3.05, 3.63) is 28.8 Å². The minimum Gasteiger partial charge on any atom is -0.496 e. The van der Waals surface area contributed by atoms with Gasteiger partial charge in [-0.15, -0.1) is 10.2 Å². The number of ether oxygens (including phenoxy) is 1. The lowest BCUT2D eigenvalue weighted by Crippen LogP contribution is -1.87. The molecule has 0 radical (unpaired) electrons. The van der Waals surface area contributed by atoms with E-state index in [1.165, 1.54) is 11.3 Å². The molecular formula is C11H10N2O2S. The van der Waals surface area contributed by atoms with Crippen LogP contribution < -0.4 is 4.74 Å². The summed E-state index contributed by atoms with van der Waals surface area (Å²) in [4.78, 5) is 10.5. The van der Waals surface area contributed by atoms with E-state index in [9.17, 15) is 4.79 Å². The number of hydrogen-bond acceptors (Lipinski definition) is 5. The fourth-order valence-corrected chi connectivity index (χ4v) is 2.06. The average Bonchev–Trinajstić information content (AvgIpc) is 2.77. The van der Waals surface area contributed by atoms with Gasteiger partial charge < -0.3 is 4.74 Å². The maximum atomic E-state index is 10.5. The summed E-state index contributed by atoms with van der Waals surface area (Å²) in [7, 11) is 1.64. The molecule has 1 heterocycles. The Morgan fingerprint density at radius 1 is 1.38 bits per heavy atom. The second kappa shape index (κ2) is 4.40. The molecule has 5 heteroatoms. The van der Waals surface area contributed by atoms with E-state index in [2.05, 4.69) is 10.2 Å². The summed E-state index contributed by atoms with van der Waals surface area (Å²) < 4.78 is 5.17. The average molecular weight is 234 g/mol. The zero-order valence-corrected chi connectivity index (χ0v) is 9.75. The van der Waals surface area contributed by atoms with Gasteiger partial charge in [0.1, 0.15) is 10.8 Å². The van der Waals surface area contributed by atoms with Crippen LogP contribution in [0.3, 0.4) is 0 Å². The van der Waals surface area contributed by atoms with Gasteiger partial charge in [0.05, 0.1) is 7.11 Å². The molecular weight excluding hydrogens is 224 g/mol. The van der Waals surface area contributed by atoms with Gasteiger partial charge in [-0.25, -0.2) is 0 Å². The minimum atomic E-state index is 0.392. The summed E-state index contributed by atoms with van der Waals surface area (Å²) in [5.74, 6) is 0.837. The van der Waals surface area contributed by atoms with Crippen LogP contribution in [0, 0.1) is 6.92 Å². The molecule has 2 aromatic rings. The lowest BCUT2D eigenvalue weighted by Gasteiger charge is -2.04. The molecule has 0 bridgehead atoms. The normalized spacial score (nSPS) is 10.1. The summed E-state index contributed by atoms with van der Waals surface area (Å²) in [6, 6.07) is 5.75. The third kappa shape index (κ3) is 1.94. The van der Waals surface area contributed by atoms with E-state index in [-0.39, 0.29) is 0 Å². The molecule has 16 heavy (non-hydrogen) atoms. The molecule has 0 saturated heterocycles. The predicted molar refractivity (Wildman–Crippen MR) is 62.0 cm³/mol. The smallest absolute Gasteiger partial charge is 0.180 e. The first-order valence-electron chi connectivity index (χ1n) is 4.68. The van der Waals surface area contributed by atoms with Gasteiger partial charge in [-0.2, -0.15) is 0 Å². The molecule has 0 aliphatic carbocycles. The van der Waals surface area contributed by atoms with Crippen LogP contribution in [0.2, 0.25) is 0 Å². The Bertz CT molecular complexity index is 522. The van der Waals surface area contributed by atoms with Gasteiger partial charge in [0.15, 0.2) is 11.3 Å². The van der Waals surface area contributed by atoms with Crippen LogP contribution in [-0.4, -0.2) is 23.6 Å². The largest absolute Gasteiger partial charge is 0.496 e. The Morgan fingerprint density at radius 3 is 2.75 bits per heavy atom. The molecule has 0 aliphatic heterocycles. The molecule has 0 aliphatic rings. The highest BCUT2D eigenvalue weighted by atomic mass is 32.1. The van der Waals surface area contributed by atoms with Crippen molar-refractivity contribution in [3.8, 4) is 16.3 Å². The fourth-order valence-electron chi connectivity index (χ4n) is 1.41. The Hall–Kier alpha value is -1.75. The number of aromatic nitrogens is 2. The standard InChI is InChI=1S/C11H10N2O2S/c1-7-5-8(3-4-9(7)15-2)11-13-12-10(6-14)16-11/h3-6H,1-2H3. The second-order valence-corrected chi connectivity index (χ2v) is 4.26. The van der Waals surface area contributed by atoms with Gasteiger partial charge in [-0.3, -0.25) is 4.79 Å². The molecule has 0 spiro atoms. The first-order chi connectivity index (χ1) is 7.74. The van der Waals surface area contributed by atoms with Crippen LogP contribution in [0.4, 0.5) is 0 Å². The second-order valence-electron chi connectivity index (χ2n) is 3.25. The number of rotatable bonds is 3. The third-order valence-corrected chi connectivity index (χ3v) is 3.08. The SMILES string of the molecule is COc1ccc(-c2nnc(C=O)s2)cc1C. The maximum Gasteiger partial charge on any atom is 0.180 e. The number of aldehydes is 1. The molecule has 0 amide bonds. The summed E-state index contributed by atoms with van der Waals surface area (Å²) in [6.07, 6.45) is 0.706. The number of methoxy groups -OCH3 is 1. The number of carbonyl (C=O) groups excluding carboxylic acids is 1. The van der Waals surface area contributed by atoms with Crippen LogP contribution >= 0.6 is 11.3 Å². The lowest BCUT2D eigenvalue weighted by molar-refractivity contribution is 0.112. The topological polar surface area (TPSA) is 52.1 Å². The summed E-state index contributed by atoms with van der Waals surface area (Å²) in [5, 5.41) is 8.84. The number of aryl methyl sites for hydroxylation is 1. The summed E-state index contributed by atoms with van der Waals surface area (Å²) >= 11 is 1.28. The van der Waals surface area contributed by atoms with Crippen LogP contribution in [0.5, 0.6) is 5.75 Å². The van der Waals surface area contributed by atoms with Crippen molar-refractivity contribution in [2.24, 2.45) is 0 Å². The predicted octanol–water partition coefficient (Wildman–Crippen LogP) is 2.33. The fraction of sp³-hybridized carbons (Fsp3) is 0.182. The zero-order chi connectivity index (χ0) is 11.5. The zero-order valence-electron chi connectivity index (χ0n) is 8.93. The van der Waals surface area contributed by atoms with E-state index in [1.807, 2.05) is 25.1 Å². The van der Waals surface area contributed by atoms with E-state index in [4.69, 9.17) is 4.74 Å². The Kier molecular flexibility index (Phi) is 2.96. The number of carbonyl (C=O) groups is 1. The molecule has 2 rings (SSSR count). The van der Waals surface area contributed by atoms with E-state index < -0.39 is 0 Å². The minimum absolute atomic E-state index is 0.392. The molecule has 1 aromatic heterocycles. The van der Waals surface area contributed by atoms with Gasteiger partial charge in [0, 0.05) is 5.56 Å². The highest BCUT2D eigenvalue weighted by Crippen LogP contribution is 2.27. The van der Waals surface area contributed by atoms with Crippen LogP contribution in [0.15, 0.2) is 18.2 Å². The van der Waals surface area contributed by atoms with Crippen LogP contribution in [0.1, 0.15) is 15.4 Å². The molecule has 0 saturated carbocycles. The Morgan fingerprint density at radius 2 is 2.19 bits per heavy atom. The van der Waals surface area contributed by atoms with E-state index in [0.29, 0.717) is 11.3 Å². The van der Waals surface area contributed by atoms with Crippen molar-refractivity contribution in [3.63, 3.8) is 0 Å². The van der Waals surface area contributed by atoms with Crippen molar-refractivity contribution in [1.29, 1.82) is 0 Å². The first kappa shape index (κ1) is 10.8. The van der Waals surface area contributed by atoms with Gasteiger partial charge in [-0.1, -0.05) is 11.3 Å². The summed E-state index contributed by atoms with van der Waals surface area (Å²) in [6.45, 7) is 1.96. The van der Waals surface area contributed by atoms with Crippen molar-refractivity contribution in [2.45, 2.75) is 6.92 Å². The molecule has 1 aromatic carbocycles. The highest BCUT2D eigenvalue weighted by Gasteiger charge is 2.07. The Balaban J connectivity index is 2.40. The molecule has 4 nitrogen and oxygen atoms in total. The highest BCUT2D eigenvalue weighted by molar-refractivity contribution is 7.16. The van der Waals surface area contributed by atoms with E-state index >= 15 is 0 Å². The van der Waals surface area contributed by atoms with Gasteiger partial charge in [-0.05, 0) is 30.7 Å². The molecule has 0 unspecified atom stereocenters. The van der Waals surface area contributed by atoms with E-state index in [0.717, 1.165) is 21.9 Å². The van der Waals surface area contributed by atoms with E-state index in [1.54, 1.807) is 7.11 Å². The molecule has 0 N–H and O–H groups in total. The van der Waals surface area contributed by atoms with Gasteiger partial charge in [0.2, 0.25) is 0 Å². The lowest BCUT2D eigenvalue weighted by atomic mass is 10.1.